The fourth-order valence-electron chi connectivity index (χ4n) is 3.93. The monoisotopic (exact) mass is 304 g/mol. The summed E-state index contributed by atoms with van der Waals surface area (Å²) in [5.74, 6) is 2.09. The van der Waals surface area contributed by atoms with E-state index in [-0.39, 0.29) is 0 Å². The number of unbranched alkanes of at least 4 members (excludes halogenated alkanes) is 8. The van der Waals surface area contributed by atoms with E-state index >= 15 is 0 Å². The molecule has 0 amide bonds. The van der Waals surface area contributed by atoms with Gasteiger partial charge in [0.25, 0.3) is 0 Å². The van der Waals surface area contributed by atoms with Crippen molar-refractivity contribution < 1.29 is 4.42 Å². The van der Waals surface area contributed by atoms with Crippen molar-refractivity contribution in [1.82, 2.24) is 0 Å². The minimum absolute atomic E-state index is 0.793. The lowest BCUT2D eigenvalue weighted by atomic mass is 9.83. The third-order valence-electron chi connectivity index (χ3n) is 5.33. The molecular weight excluding hydrogens is 268 g/mol. The van der Waals surface area contributed by atoms with Crippen LogP contribution >= 0.6 is 0 Å². The maximum atomic E-state index is 5.79. The second kappa shape index (κ2) is 10.9. The van der Waals surface area contributed by atoms with Gasteiger partial charge in [-0.25, -0.2) is 0 Å². The first kappa shape index (κ1) is 17.6. The van der Waals surface area contributed by atoms with Gasteiger partial charge in [-0.15, -0.1) is 0 Å². The molecule has 1 aliphatic carbocycles. The lowest BCUT2D eigenvalue weighted by Crippen LogP contribution is -2.05. The standard InChI is InChI=1S/C21H36O/c1-2-3-4-5-6-7-8-9-13-16-21-20(17-18-22-21)19-14-11-10-12-15-19/h17-19H,2-16H2,1H3. The number of furan rings is 1. The highest BCUT2D eigenvalue weighted by Crippen LogP contribution is 2.35. The van der Waals surface area contributed by atoms with E-state index < -0.39 is 0 Å². The largest absolute Gasteiger partial charge is 0.469 e. The van der Waals surface area contributed by atoms with Crippen LogP contribution in [0.5, 0.6) is 0 Å². The van der Waals surface area contributed by atoms with Crippen LogP contribution < -0.4 is 0 Å². The van der Waals surface area contributed by atoms with Gasteiger partial charge in [0.1, 0.15) is 5.76 Å². The fourth-order valence-corrected chi connectivity index (χ4v) is 3.93. The van der Waals surface area contributed by atoms with Crippen molar-refractivity contribution in [2.24, 2.45) is 0 Å². The number of hydrogen-bond acceptors (Lipinski definition) is 1. The minimum Gasteiger partial charge on any atom is -0.469 e. The first-order chi connectivity index (χ1) is 10.9. The second-order valence-corrected chi connectivity index (χ2v) is 7.21. The van der Waals surface area contributed by atoms with Crippen molar-refractivity contribution in [1.29, 1.82) is 0 Å². The quantitative estimate of drug-likeness (QED) is 0.388. The Morgan fingerprint density at radius 2 is 1.50 bits per heavy atom. The molecule has 126 valence electrons. The summed E-state index contributed by atoms with van der Waals surface area (Å²) in [6.45, 7) is 2.29. The SMILES string of the molecule is CCCCCCCCCCCc1occc1C1CCCCC1. The van der Waals surface area contributed by atoms with Crippen LogP contribution in [0.15, 0.2) is 16.7 Å². The zero-order valence-corrected chi connectivity index (χ0v) is 14.7. The molecule has 0 radical (unpaired) electrons. The molecule has 1 saturated carbocycles. The van der Waals surface area contributed by atoms with Crippen molar-refractivity contribution in [3.63, 3.8) is 0 Å². The second-order valence-electron chi connectivity index (χ2n) is 7.21. The maximum Gasteiger partial charge on any atom is 0.107 e. The van der Waals surface area contributed by atoms with Gasteiger partial charge >= 0.3 is 0 Å². The zero-order valence-electron chi connectivity index (χ0n) is 14.7. The Balaban J connectivity index is 1.56. The van der Waals surface area contributed by atoms with Crippen LogP contribution in [0, 0.1) is 0 Å². The van der Waals surface area contributed by atoms with Crippen LogP contribution in [-0.2, 0) is 6.42 Å². The maximum absolute atomic E-state index is 5.79. The van der Waals surface area contributed by atoms with E-state index in [0.29, 0.717) is 0 Å². The highest BCUT2D eigenvalue weighted by Gasteiger charge is 2.19. The van der Waals surface area contributed by atoms with E-state index in [9.17, 15) is 0 Å². The number of rotatable bonds is 11. The Hall–Kier alpha value is -0.720. The number of hydrogen-bond donors (Lipinski definition) is 0. The molecule has 0 aliphatic heterocycles. The van der Waals surface area contributed by atoms with Crippen LogP contribution in [0.2, 0.25) is 0 Å². The zero-order chi connectivity index (χ0) is 15.5. The molecule has 0 bridgehead atoms. The van der Waals surface area contributed by atoms with Crippen molar-refractivity contribution in [3.8, 4) is 0 Å². The van der Waals surface area contributed by atoms with E-state index in [4.69, 9.17) is 4.42 Å². The molecule has 0 unspecified atom stereocenters. The van der Waals surface area contributed by atoms with E-state index in [2.05, 4.69) is 13.0 Å². The van der Waals surface area contributed by atoms with Crippen molar-refractivity contribution in [2.45, 2.75) is 109 Å². The van der Waals surface area contributed by atoms with Gasteiger partial charge in [0.05, 0.1) is 6.26 Å². The molecular formula is C21H36O. The summed E-state index contributed by atoms with van der Waals surface area (Å²) in [6, 6.07) is 2.25. The van der Waals surface area contributed by atoms with E-state index in [1.807, 2.05) is 6.26 Å². The van der Waals surface area contributed by atoms with Crippen LogP contribution in [0.4, 0.5) is 0 Å². The lowest BCUT2D eigenvalue weighted by Gasteiger charge is -2.21. The predicted octanol–water partition coefficient (Wildman–Crippen LogP) is 7.40. The molecule has 0 atom stereocenters. The lowest BCUT2D eigenvalue weighted by molar-refractivity contribution is 0.426. The molecule has 1 aromatic heterocycles. The first-order valence-electron chi connectivity index (χ1n) is 9.98. The van der Waals surface area contributed by atoms with Crippen molar-refractivity contribution in [2.75, 3.05) is 0 Å². The molecule has 0 saturated heterocycles. The Morgan fingerprint density at radius 1 is 0.864 bits per heavy atom. The Kier molecular flexibility index (Phi) is 8.75. The summed E-state index contributed by atoms with van der Waals surface area (Å²) in [7, 11) is 0. The van der Waals surface area contributed by atoms with Gasteiger partial charge in [-0.3, -0.25) is 0 Å². The van der Waals surface area contributed by atoms with Crippen LogP contribution in [0.25, 0.3) is 0 Å². The smallest absolute Gasteiger partial charge is 0.107 e. The van der Waals surface area contributed by atoms with Crippen LogP contribution in [0.1, 0.15) is 114 Å². The topological polar surface area (TPSA) is 13.1 Å². The molecule has 0 N–H and O–H groups in total. The van der Waals surface area contributed by atoms with E-state index in [0.717, 1.165) is 12.3 Å². The summed E-state index contributed by atoms with van der Waals surface area (Å²) < 4.78 is 5.79. The van der Waals surface area contributed by atoms with Gasteiger partial charge in [-0.1, -0.05) is 77.6 Å². The summed E-state index contributed by atoms with van der Waals surface area (Å²) in [5, 5.41) is 0. The van der Waals surface area contributed by atoms with E-state index in [1.165, 1.54) is 95.7 Å². The van der Waals surface area contributed by atoms with Crippen LogP contribution in [-0.4, -0.2) is 0 Å². The van der Waals surface area contributed by atoms with Crippen molar-refractivity contribution >= 4 is 0 Å². The fraction of sp³-hybridized carbons (Fsp3) is 0.810. The molecule has 1 fully saturated rings. The summed E-state index contributed by atoms with van der Waals surface area (Å²) in [5.41, 5.74) is 1.54. The normalized spacial score (nSPS) is 16.2. The van der Waals surface area contributed by atoms with Crippen molar-refractivity contribution in [3.05, 3.63) is 23.7 Å². The molecule has 1 heterocycles. The van der Waals surface area contributed by atoms with Gasteiger partial charge in [-0.2, -0.15) is 0 Å². The summed E-state index contributed by atoms with van der Waals surface area (Å²) in [4.78, 5) is 0. The highest BCUT2D eigenvalue weighted by molar-refractivity contribution is 5.22. The Bertz CT molecular complexity index is 373. The van der Waals surface area contributed by atoms with Gasteiger partial charge in [0.2, 0.25) is 0 Å². The molecule has 1 heteroatoms. The van der Waals surface area contributed by atoms with Gasteiger partial charge in [0, 0.05) is 6.42 Å². The Labute approximate surface area is 137 Å². The average Bonchev–Trinajstić information content (AvgIpc) is 3.02. The molecule has 1 nitrogen and oxygen atoms in total. The van der Waals surface area contributed by atoms with Gasteiger partial charge in [-0.05, 0) is 36.8 Å². The summed E-state index contributed by atoms with van der Waals surface area (Å²) >= 11 is 0. The Morgan fingerprint density at radius 3 is 2.18 bits per heavy atom. The van der Waals surface area contributed by atoms with Gasteiger partial charge < -0.3 is 4.42 Å². The molecule has 22 heavy (non-hydrogen) atoms. The number of aryl methyl sites for hydroxylation is 1. The van der Waals surface area contributed by atoms with Crippen LogP contribution in [0.3, 0.4) is 0 Å². The average molecular weight is 305 g/mol. The molecule has 2 rings (SSSR count). The third-order valence-corrected chi connectivity index (χ3v) is 5.33. The molecule has 1 aliphatic rings. The summed E-state index contributed by atoms with van der Waals surface area (Å²) in [6.07, 6.45) is 22.7. The van der Waals surface area contributed by atoms with Gasteiger partial charge in [0.15, 0.2) is 0 Å². The van der Waals surface area contributed by atoms with E-state index in [1.54, 1.807) is 5.56 Å². The molecule has 0 aromatic carbocycles. The predicted molar refractivity (Wildman–Crippen MR) is 95.5 cm³/mol. The minimum atomic E-state index is 0.793. The first-order valence-corrected chi connectivity index (χ1v) is 9.98. The molecule has 1 aromatic rings. The highest BCUT2D eigenvalue weighted by atomic mass is 16.3. The third kappa shape index (κ3) is 6.18. The molecule has 0 spiro atoms.